The molecule has 2 aliphatic rings. The number of H-pyrrole nitrogens is 1. The number of phenolic OH excluding ortho intramolecular Hbond substituents is 1. The number of aromatic amines is 1. The summed E-state index contributed by atoms with van der Waals surface area (Å²) in [6.07, 6.45) is 0. The SMILES string of the molecule is CCOc1cc(C2c3sc(=O)[nH]c3SC3C(=O)N(c4ccc(OC)cc4)C(=O)C32)ccc1OCC(=O)Nc1ccc(O)cc1. The summed E-state index contributed by atoms with van der Waals surface area (Å²) < 4.78 is 16.9. The number of thioether (sulfide) groups is 1. The van der Waals surface area contributed by atoms with Gasteiger partial charge in [0.25, 0.3) is 5.91 Å². The summed E-state index contributed by atoms with van der Waals surface area (Å²) in [5.74, 6) is -1.16. The maximum atomic E-state index is 14.0. The average Bonchev–Trinajstić information content (AvgIpc) is 3.51. The molecule has 226 valence electrons. The van der Waals surface area contributed by atoms with Gasteiger partial charge < -0.3 is 29.6 Å². The van der Waals surface area contributed by atoms with Gasteiger partial charge in [0.2, 0.25) is 11.8 Å². The summed E-state index contributed by atoms with van der Waals surface area (Å²) in [5.41, 5.74) is 1.61. The summed E-state index contributed by atoms with van der Waals surface area (Å²) in [7, 11) is 1.54. The van der Waals surface area contributed by atoms with Crippen molar-refractivity contribution in [2.75, 3.05) is 30.5 Å². The number of methoxy groups -OCH3 is 1. The minimum Gasteiger partial charge on any atom is -0.508 e. The molecule has 13 heteroatoms. The number of hydrogen-bond acceptors (Lipinski definition) is 10. The molecule has 3 unspecified atom stereocenters. The fourth-order valence-corrected chi connectivity index (χ4v) is 7.87. The molecule has 0 bridgehead atoms. The van der Waals surface area contributed by atoms with Gasteiger partial charge in [0.15, 0.2) is 18.1 Å². The standard InChI is InChI=1S/C31H27N3O8S2/c1-3-41-22-14-16(4-13-21(22)42-15-23(36)32-17-5-9-19(35)10-6-17)24-25-27(43-28-26(24)44-31(39)33-28)30(38)34(29(25)37)18-7-11-20(40-2)12-8-18/h4-14,24-25,27,35H,3,15H2,1-2H3,(H,32,36)(H,33,39). The number of benzene rings is 3. The van der Waals surface area contributed by atoms with E-state index in [1.54, 1.807) is 54.6 Å². The van der Waals surface area contributed by atoms with Crippen LogP contribution in [0.25, 0.3) is 0 Å². The number of aromatic hydroxyl groups is 1. The normalized spacial score (nSPS) is 18.9. The van der Waals surface area contributed by atoms with Crippen molar-refractivity contribution >= 4 is 52.2 Å². The molecule has 4 aromatic rings. The van der Waals surface area contributed by atoms with Crippen molar-refractivity contribution in [2.45, 2.75) is 23.1 Å². The van der Waals surface area contributed by atoms with Crippen LogP contribution >= 0.6 is 23.1 Å². The number of aromatic nitrogens is 1. The lowest BCUT2D eigenvalue weighted by Crippen LogP contribution is -2.32. The van der Waals surface area contributed by atoms with Crippen molar-refractivity contribution in [1.82, 2.24) is 4.98 Å². The molecule has 0 spiro atoms. The van der Waals surface area contributed by atoms with Gasteiger partial charge in [-0.05, 0) is 73.2 Å². The highest BCUT2D eigenvalue weighted by Gasteiger charge is 2.56. The number of anilines is 2. The molecule has 3 aromatic carbocycles. The molecule has 3 amide bonds. The number of fused-ring (bicyclic) bond motifs is 2. The molecule has 44 heavy (non-hydrogen) atoms. The Bertz CT molecular complexity index is 1780. The van der Waals surface area contributed by atoms with Gasteiger partial charge in [0.05, 0.1) is 30.3 Å². The molecule has 3 heterocycles. The van der Waals surface area contributed by atoms with E-state index in [4.69, 9.17) is 14.2 Å². The van der Waals surface area contributed by atoms with E-state index in [2.05, 4.69) is 10.3 Å². The van der Waals surface area contributed by atoms with Crippen LogP contribution in [-0.4, -0.2) is 53.4 Å². The topological polar surface area (TPSA) is 147 Å². The maximum Gasteiger partial charge on any atom is 0.305 e. The molecule has 2 aliphatic heterocycles. The van der Waals surface area contributed by atoms with Gasteiger partial charge in [-0.25, -0.2) is 4.90 Å². The zero-order valence-corrected chi connectivity index (χ0v) is 25.2. The highest BCUT2D eigenvalue weighted by Crippen LogP contribution is 2.53. The van der Waals surface area contributed by atoms with Crippen LogP contribution in [-0.2, 0) is 14.4 Å². The van der Waals surface area contributed by atoms with Crippen LogP contribution < -0.4 is 29.3 Å². The number of amides is 3. The zero-order chi connectivity index (χ0) is 31.0. The van der Waals surface area contributed by atoms with Crippen molar-refractivity contribution in [3.63, 3.8) is 0 Å². The first-order valence-corrected chi connectivity index (χ1v) is 15.4. The molecule has 0 aliphatic carbocycles. The predicted octanol–water partition coefficient (Wildman–Crippen LogP) is 4.36. The van der Waals surface area contributed by atoms with Gasteiger partial charge in [-0.1, -0.05) is 29.2 Å². The number of thiazole rings is 1. The summed E-state index contributed by atoms with van der Waals surface area (Å²) in [5, 5.41) is 12.0. The van der Waals surface area contributed by atoms with Crippen LogP contribution in [0.1, 0.15) is 23.3 Å². The van der Waals surface area contributed by atoms with Crippen LogP contribution in [0.5, 0.6) is 23.0 Å². The number of hydrogen-bond donors (Lipinski definition) is 3. The lowest BCUT2D eigenvalue weighted by molar-refractivity contribution is -0.122. The number of nitrogens with one attached hydrogen (secondary N) is 2. The maximum absolute atomic E-state index is 14.0. The van der Waals surface area contributed by atoms with Gasteiger partial charge >= 0.3 is 4.87 Å². The Balaban J connectivity index is 1.30. The molecule has 0 saturated carbocycles. The quantitative estimate of drug-likeness (QED) is 0.181. The summed E-state index contributed by atoms with van der Waals surface area (Å²) in [6, 6.07) is 17.9. The Morgan fingerprint density at radius 1 is 0.977 bits per heavy atom. The van der Waals surface area contributed by atoms with Crippen molar-refractivity contribution in [1.29, 1.82) is 0 Å². The van der Waals surface area contributed by atoms with Gasteiger partial charge in [-0.15, -0.1) is 0 Å². The van der Waals surface area contributed by atoms with Crippen molar-refractivity contribution in [2.24, 2.45) is 5.92 Å². The highest BCUT2D eigenvalue weighted by atomic mass is 32.2. The third-order valence-electron chi connectivity index (χ3n) is 7.29. The number of phenols is 1. The predicted molar refractivity (Wildman–Crippen MR) is 165 cm³/mol. The molecular weight excluding hydrogens is 606 g/mol. The largest absolute Gasteiger partial charge is 0.508 e. The minimum atomic E-state index is -0.772. The van der Waals surface area contributed by atoms with E-state index in [9.17, 15) is 24.3 Å². The van der Waals surface area contributed by atoms with Crippen molar-refractivity contribution in [3.05, 3.63) is 86.8 Å². The van der Waals surface area contributed by atoms with Crippen molar-refractivity contribution in [3.8, 4) is 23.0 Å². The van der Waals surface area contributed by atoms with Gasteiger partial charge in [0, 0.05) is 16.5 Å². The molecule has 3 N–H and O–H groups in total. The van der Waals surface area contributed by atoms with E-state index in [1.165, 1.54) is 35.9 Å². The number of rotatable bonds is 9. The minimum absolute atomic E-state index is 0.0831. The third kappa shape index (κ3) is 5.51. The van der Waals surface area contributed by atoms with Crippen LogP contribution in [0.15, 0.2) is 76.6 Å². The highest BCUT2D eigenvalue weighted by molar-refractivity contribution is 8.00. The third-order valence-corrected chi connectivity index (χ3v) is 9.69. The smallest absolute Gasteiger partial charge is 0.305 e. The molecule has 1 aromatic heterocycles. The first kappa shape index (κ1) is 29.3. The summed E-state index contributed by atoms with van der Waals surface area (Å²) in [4.78, 5) is 57.1. The van der Waals surface area contributed by atoms with E-state index in [-0.39, 0.29) is 29.0 Å². The Kier molecular flexibility index (Phi) is 8.06. The zero-order valence-electron chi connectivity index (χ0n) is 23.6. The van der Waals surface area contributed by atoms with Crippen LogP contribution in [0.4, 0.5) is 11.4 Å². The van der Waals surface area contributed by atoms with Crippen LogP contribution in [0.3, 0.4) is 0 Å². The Hall–Kier alpha value is -4.75. The molecule has 11 nitrogen and oxygen atoms in total. The number of ether oxygens (including phenoxy) is 3. The number of carbonyl (C=O) groups is 3. The average molecular weight is 634 g/mol. The molecule has 6 rings (SSSR count). The summed E-state index contributed by atoms with van der Waals surface area (Å²) in [6.45, 7) is 1.80. The van der Waals surface area contributed by atoms with E-state index in [0.717, 1.165) is 11.3 Å². The number of carbonyl (C=O) groups excluding carboxylic acids is 3. The van der Waals surface area contributed by atoms with Gasteiger partial charge in [0.1, 0.15) is 16.7 Å². The summed E-state index contributed by atoms with van der Waals surface area (Å²) >= 11 is 2.21. The first-order chi connectivity index (χ1) is 21.3. The molecule has 1 fully saturated rings. The fraction of sp³-hybridized carbons (Fsp3) is 0.226. The molecular formula is C31H27N3O8S2. The Morgan fingerprint density at radius 2 is 1.73 bits per heavy atom. The molecule has 1 saturated heterocycles. The van der Waals surface area contributed by atoms with E-state index in [1.807, 2.05) is 6.92 Å². The molecule has 0 radical (unpaired) electrons. The number of nitrogens with zero attached hydrogens (tertiary/aromatic N) is 1. The van der Waals surface area contributed by atoms with E-state index < -0.39 is 23.0 Å². The van der Waals surface area contributed by atoms with Crippen molar-refractivity contribution < 1.29 is 33.7 Å². The fourth-order valence-electron chi connectivity index (χ4n) is 5.35. The van der Waals surface area contributed by atoms with E-state index in [0.29, 0.717) is 50.7 Å². The van der Waals surface area contributed by atoms with E-state index >= 15 is 0 Å². The second-order valence-electron chi connectivity index (χ2n) is 9.98. The van der Waals surface area contributed by atoms with Crippen LogP contribution in [0, 0.1) is 5.92 Å². The second-order valence-corrected chi connectivity index (χ2v) is 12.1. The Labute approximate surface area is 259 Å². The lowest BCUT2D eigenvalue weighted by atomic mass is 9.83. The van der Waals surface area contributed by atoms with Gasteiger partial charge in [-0.3, -0.25) is 19.2 Å². The second kappa shape index (κ2) is 12.1. The molecule has 3 atom stereocenters. The first-order valence-electron chi connectivity index (χ1n) is 13.7. The Morgan fingerprint density at radius 3 is 2.43 bits per heavy atom. The monoisotopic (exact) mass is 633 g/mol. The number of imide groups is 1. The van der Waals surface area contributed by atoms with Gasteiger partial charge in [-0.2, -0.15) is 0 Å². The lowest BCUT2D eigenvalue weighted by Gasteiger charge is -2.30. The van der Waals surface area contributed by atoms with Crippen LogP contribution in [0.2, 0.25) is 0 Å².